The predicted molar refractivity (Wildman–Crippen MR) is 129 cm³/mol. The van der Waals surface area contributed by atoms with Crippen LogP contribution in [0, 0.1) is 28.6 Å². The van der Waals surface area contributed by atoms with Gasteiger partial charge in [-0.25, -0.2) is 0 Å². The monoisotopic (exact) mass is 478 g/mol. The Morgan fingerprint density at radius 3 is 2.63 bits per heavy atom. The van der Waals surface area contributed by atoms with Gasteiger partial charge in [0.05, 0.1) is 12.5 Å². The minimum Gasteiger partial charge on any atom is -0.457 e. The van der Waals surface area contributed by atoms with Gasteiger partial charge >= 0.3 is 5.97 Å². The van der Waals surface area contributed by atoms with E-state index in [1.165, 1.54) is 0 Å². The highest BCUT2D eigenvalue weighted by Crippen LogP contribution is 2.67. The third-order valence-corrected chi connectivity index (χ3v) is 9.66. The fraction of sp³-hybridized carbons (Fsp3) is 0.552. The number of esters is 1. The van der Waals surface area contributed by atoms with Gasteiger partial charge in [0.25, 0.3) is 0 Å². The lowest BCUT2D eigenvalue weighted by atomic mass is 9.46. The molecular formula is C29H34O6. The second-order valence-corrected chi connectivity index (χ2v) is 11.4. The average Bonchev–Trinajstić information content (AvgIpc) is 3.09. The van der Waals surface area contributed by atoms with E-state index >= 15 is 0 Å². The van der Waals surface area contributed by atoms with E-state index in [0.29, 0.717) is 19.3 Å². The van der Waals surface area contributed by atoms with E-state index in [0.717, 1.165) is 24.0 Å². The minimum absolute atomic E-state index is 0.00582. The molecule has 0 heterocycles. The van der Waals surface area contributed by atoms with Gasteiger partial charge in [0.15, 0.2) is 12.4 Å². The van der Waals surface area contributed by atoms with Crippen LogP contribution in [0.25, 0.3) is 0 Å². The Bertz CT molecular complexity index is 1110. The molecule has 6 heteroatoms. The summed E-state index contributed by atoms with van der Waals surface area (Å²) in [4.78, 5) is 37.6. The van der Waals surface area contributed by atoms with Crippen LogP contribution in [-0.4, -0.2) is 46.1 Å². The van der Waals surface area contributed by atoms with Crippen molar-refractivity contribution < 1.29 is 29.3 Å². The molecule has 4 aliphatic carbocycles. The maximum atomic E-state index is 13.3. The first-order chi connectivity index (χ1) is 16.6. The molecule has 5 rings (SSSR count). The quantitative estimate of drug-likeness (QED) is 0.630. The number of hydrogen-bond donors (Lipinski definition) is 2. The molecule has 3 saturated carbocycles. The van der Waals surface area contributed by atoms with Crippen LogP contribution in [0.5, 0.6) is 0 Å². The van der Waals surface area contributed by atoms with Crippen molar-refractivity contribution in [2.45, 2.75) is 64.1 Å². The highest BCUT2D eigenvalue weighted by atomic mass is 16.5. The van der Waals surface area contributed by atoms with Crippen LogP contribution in [0.3, 0.4) is 0 Å². The summed E-state index contributed by atoms with van der Waals surface area (Å²) >= 11 is 0. The van der Waals surface area contributed by atoms with E-state index in [2.05, 4.69) is 6.92 Å². The second kappa shape index (κ2) is 8.52. The Morgan fingerprint density at radius 2 is 1.89 bits per heavy atom. The van der Waals surface area contributed by atoms with E-state index < -0.39 is 40.9 Å². The normalized spacial score (nSPS) is 39.8. The molecule has 4 aliphatic rings. The number of carbonyl (C=O) groups excluding carboxylic acids is 3. The highest BCUT2D eigenvalue weighted by molar-refractivity contribution is 6.01. The summed E-state index contributed by atoms with van der Waals surface area (Å²) in [5, 5.41) is 23.2. The van der Waals surface area contributed by atoms with Crippen molar-refractivity contribution in [1.29, 1.82) is 0 Å². The van der Waals surface area contributed by atoms with Crippen LogP contribution >= 0.6 is 0 Å². The summed E-state index contributed by atoms with van der Waals surface area (Å²) in [5.41, 5.74) is -0.969. The molecule has 3 fully saturated rings. The lowest BCUT2D eigenvalue weighted by Crippen LogP contribution is -2.61. The molecule has 35 heavy (non-hydrogen) atoms. The number of aliphatic hydroxyl groups excluding tert-OH is 1. The van der Waals surface area contributed by atoms with Gasteiger partial charge in [-0.05, 0) is 61.7 Å². The molecule has 0 amide bonds. The van der Waals surface area contributed by atoms with Crippen molar-refractivity contribution in [2.24, 2.45) is 28.6 Å². The number of fused-ring (bicyclic) bond motifs is 5. The molecule has 0 aliphatic heterocycles. The SMILES string of the molecule is C[C@]12C=CC(=O)C=C1CC[C@@H]1[C@@H]2[C@@H](O)C[C@@]2(C)[C@H]1CC[C@]2(O)C(=O)COC(=O)Cc1ccccc1. The first-order valence-electron chi connectivity index (χ1n) is 12.7. The fourth-order valence-corrected chi connectivity index (χ4v) is 7.87. The number of benzene rings is 1. The number of allylic oxidation sites excluding steroid dienone is 4. The molecule has 7 atom stereocenters. The van der Waals surface area contributed by atoms with Crippen LogP contribution in [0.2, 0.25) is 0 Å². The van der Waals surface area contributed by atoms with E-state index in [1.54, 1.807) is 12.2 Å². The maximum Gasteiger partial charge on any atom is 0.310 e. The molecule has 0 unspecified atom stereocenters. The molecule has 1 aromatic carbocycles. The van der Waals surface area contributed by atoms with Gasteiger partial charge < -0.3 is 14.9 Å². The van der Waals surface area contributed by atoms with Crippen molar-refractivity contribution in [2.75, 3.05) is 6.61 Å². The van der Waals surface area contributed by atoms with Gasteiger partial charge in [0.1, 0.15) is 5.60 Å². The van der Waals surface area contributed by atoms with E-state index in [9.17, 15) is 24.6 Å². The number of hydrogen-bond acceptors (Lipinski definition) is 6. The van der Waals surface area contributed by atoms with E-state index in [-0.39, 0.29) is 30.0 Å². The number of aliphatic hydroxyl groups is 2. The van der Waals surface area contributed by atoms with Gasteiger partial charge in [0, 0.05) is 16.7 Å². The van der Waals surface area contributed by atoms with Gasteiger partial charge in [-0.3, -0.25) is 14.4 Å². The third kappa shape index (κ3) is 3.73. The molecule has 1 aromatic rings. The second-order valence-electron chi connectivity index (χ2n) is 11.4. The van der Waals surface area contributed by atoms with E-state index in [4.69, 9.17) is 4.74 Å². The lowest BCUT2D eigenvalue weighted by Gasteiger charge is -2.59. The van der Waals surface area contributed by atoms with Gasteiger partial charge in [-0.15, -0.1) is 0 Å². The lowest BCUT2D eigenvalue weighted by molar-refractivity contribution is -0.181. The number of rotatable bonds is 5. The van der Waals surface area contributed by atoms with Crippen LogP contribution < -0.4 is 0 Å². The summed E-state index contributed by atoms with van der Waals surface area (Å²) < 4.78 is 5.28. The predicted octanol–water partition coefficient (Wildman–Crippen LogP) is 3.35. The summed E-state index contributed by atoms with van der Waals surface area (Å²) in [6.07, 6.45) is 7.49. The smallest absolute Gasteiger partial charge is 0.310 e. The topological polar surface area (TPSA) is 101 Å². The first kappa shape index (κ1) is 24.1. The van der Waals surface area contributed by atoms with Crippen LogP contribution in [-0.2, 0) is 25.5 Å². The average molecular weight is 479 g/mol. The third-order valence-electron chi connectivity index (χ3n) is 9.66. The maximum absolute atomic E-state index is 13.3. The van der Waals surface area contributed by atoms with Crippen molar-refractivity contribution in [3.63, 3.8) is 0 Å². The molecule has 0 bridgehead atoms. The van der Waals surface area contributed by atoms with Crippen molar-refractivity contribution in [3.8, 4) is 0 Å². The standard InChI is InChI=1S/C29H34O6/c1-27-12-10-20(30)15-19(27)8-9-21-22-11-13-29(34,28(22,2)16-23(31)26(21)27)24(32)17-35-25(33)14-18-6-4-3-5-7-18/h3-7,10,12,15,21-23,26,31,34H,8-9,11,13-14,16-17H2,1-2H3/t21-,22-,23-,26+,27-,28-,29-/m0/s1. The van der Waals surface area contributed by atoms with Crippen molar-refractivity contribution in [1.82, 2.24) is 0 Å². The largest absolute Gasteiger partial charge is 0.457 e. The number of ketones is 2. The van der Waals surface area contributed by atoms with Gasteiger partial charge in [-0.1, -0.05) is 55.8 Å². The molecule has 0 aromatic heterocycles. The molecule has 0 spiro atoms. The molecule has 186 valence electrons. The zero-order valence-corrected chi connectivity index (χ0v) is 20.4. The molecule has 0 saturated heterocycles. The summed E-state index contributed by atoms with van der Waals surface area (Å²) in [5.74, 6) is -0.865. The van der Waals surface area contributed by atoms with Crippen molar-refractivity contribution in [3.05, 3.63) is 59.7 Å². The summed E-state index contributed by atoms with van der Waals surface area (Å²) in [6, 6.07) is 9.18. The zero-order chi connectivity index (χ0) is 25.0. The first-order valence-corrected chi connectivity index (χ1v) is 12.7. The molecule has 0 radical (unpaired) electrons. The Balaban J connectivity index is 1.33. The number of Topliss-reactive ketones (excluding diaryl/α,β-unsaturated/α-hetero) is 1. The highest BCUT2D eigenvalue weighted by Gasteiger charge is 2.68. The van der Waals surface area contributed by atoms with Crippen LogP contribution in [0.15, 0.2) is 54.1 Å². The Labute approximate surface area is 206 Å². The van der Waals surface area contributed by atoms with Crippen LogP contribution in [0.1, 0.15) is 51.5 Å². The fourth-order valence-electron chi connectivity index (χ4n) is 7.87. The number of ether oxygens (including phenoxy) is 1. The Kier molecular flexibility index (Phi) is 5.88. The van der Waals surface area contributed by atoms with E-state index in [1.807, 2.05) is 43.3 Å². The minimum atomic E-state index is -1.65. The summed E-state index contributed by atoms with van der Waals surface area (Å²) in [7, 11) is 0. The molecule has 2 N–H and O–H groups in total. The zero-order valence-electron chi connectivity index (χ0n) is 20.4. The number of carbonyl (C=O) groups is 3. The molecular weight excluding hydrogens is 444 g/mol. The van der Waals surface area contributed by atoms with Gasteiger partial charge in [-0.2, -0.15) is 0 Å². The van der Waals surface area contributed by atoms with Crippen molar-refractivity contribution >= 4 is 17.5 Å². The summed E-state index contributed by atoms with van der Waals surface area (Å²) in [6.45, 7) is 3.55. The van der Waals surface area contributed by atoms with Gasteiger partial charge in [0.2, 0.25) is 5.78 Å². The Morgan fingerprint density at radius 1 is 1.14 bits per heavy atom. The Hall–Kier alpha value is -2.57. The van der Waals surface area contributed by atoms with Crippen LogP contribution in [0.4, 0.5) is 0 Å². The molecule has 6 nitrogen and oxygen atoms in total.